The van der Waals surface area contributed by atoms with Crippen LogP contribution in [0.2, 0.25) is 0 Å². The highest BCUT2D eigenvalue weighted by molar-refractivity contribution is 6.30. The van der Waals surface area contributed by atoms with Gasteiger partial charge < -0.3 is 9.84 Å². The maximum absolute atomic E-state index is 9.11. The van der Waals surface area contributed by atoms with E-state index >= 15 is 0 Å². The van der Waals surface area contributed by atoms with Crippen molar-refractivity contribution in [2.24, 2.45) is 5.41 Å². The molecule has 2 saturated carbocycles. The number of hydrogen-bond donors (Lipinski definition) is 1. The molecule has 1 aromatic carbocycles. The zero-order valence-electron chi connectivity index (χ0n) is 19.1. The Bertz CT molecular complexity index is 836. The first kappa shape index (κ1) is 22.6. The number of rotatable bonds is 8. The first-order valence-electron chi connectivity index (χ1n) is 12.5. The van der Waals surface area contributed by atoms with Crippen molar-refractivity contribution >= 4 is 11.6 Å². The molecule has 1 heterocycles. The fraction of sp³-hybridized carbons (Fsp3) is 0.630. The molecule has 1 aliphatic heterocycles. The van der Waals surface area contributed by atoms with E-state index in [-0.39, 0.29) is 12.5 Å². The molecule has 5 rings (SSSR count). The summed E-state index contributed by atoms with van der Waals surface area (Å²) >= 11 is 6.76. The van der Waals surface area contributed by atoms with Crippen LogP contribution in [0.1, 0.15) is 55.6 Å². The second kappa shape index (κ2) is 9.99. The van der Waals surface area contributed by atoms with Gasteiger partial charge in [0.2, 0.25) is 0 Å². The lowest BCUT2D eigenvalue weighted by Crippen LogP contribution is -2.47. The van der Waals surface area contributed by atoms with Gasteiger partial charge in [-0.05, 0) is 53.9 Å². The number of aliphatic hydroxyl groups is 1. The van der Waals surface area contributed by atoms with Gasteiger partial charge in [-0.15, -0.1) is 0 Å². The molecule has 32 heavy (non-hydrogen) atoms. The number of ether oxygens (including phenoxy) is 1. The van der Waals surface area contributed by atoms with E-state index in [4.69, 9.17) is 21.4 Å². The summed E-state index contributed by atoms with van der Waals surface area (Å²) in [6.07, 6.45) is 12.8. The first-order chi connectivity index (χ1) is 15.6. The zero-order chi connectivity index (χ0) is 22.0. The fourth-order valence-electron chi connectivity index (χ4n) is 5.89. The van der Waals surface area contributed by atoms with Crippen LogP contribution in [0.3, 0.4) is 0 Å². The molecule has 2 unspecified atom stereocenters. The van der Waals surface area contributed by atoms with Crippen molar-refractivity contribution in [2.45, 2.75) is 57.2 Å². The number of hydrogen-bond acceptors (Lipinski definition) is 4. The van der Waals surface area contributed by atoms with Gasteiger partial charge in [-0.2, -0.15) is 0 Å². The molecule has 2 atom stereocenters. The van der Waals surface area contributed by atoms with Crippen molar-refractivity contribution < 1.29 is 9.84 Å². The van der Waals surface area contributed by atoms with E-state index in [2.05, 4.69) is 46.2 Å². The molecule has 0 radical (unpaired) electrons. The third kappa shape index (κ3) is 5.15. The average molecular weight is 457 g/mol. The standard InChI is InChI=1S/C27H37ClN2O2/c28-25-17-22(19-30-13-11-29(12-14-30)15-16-31)5-8-24(25)23-6-3-21(4-7-23)20-32-26-18-27(26)9-1-2-10-27/h3-7,17,24,26,31H,1-2,8-16,18-20H2. The van der Waals surface area contributed by atoms with Crippen molar-refractivity contribution in [1.82, 2.24) is 9.80 Å². The molecule has 0 amide bonds. The van der Waals surface area contributed by atoms with Crippen LogP contribution in [0.15, 0.2) is 47.0 Å². The molecule has 174 valence electrons. The van der Waals surface area contributed by atoms with Crippen molar-refractivity contribution in [3.63, 3.8) is 0 Å². The average Bonchev–Trinajstić information content (AvgIpc) is 3.26. The van der Waals surface area contributed by atoms with E-state index in [1.54, 1.807) is 0 Å². The second-order valence-corrected chi connectivity index (χ2v) is 10.7. The second-order valence-electron chi connectivity index (χ2n) is 10.3. The number of nitrogens with zero attached hydrogens (tertiary/aromatic N) is 2. The van der Waals surface area contributed by atoms with Crippen LogP contribution in [-0.2, 0) is 11.3 Å². The quantitative estimate of drug-likeness (QED) is 0.616. The fourth-order valence-corrected chi connectivity index (χ4v) is 6.24. The number of benzene rings is 1. The van der Waals surface area contributed by atoms with Crippen LogP contribution < -0.4 is 0 Å². The Morgan fingerprint density at radius 1 is 1.03 bits per heavy atom. The third-order valence-electron chi connectivity index (χ3n) is 8.11. The van der Waals surface area contributed by atoms with E-state index in [1.165, 1.54) is 48.8 Å². The van der Waals surface area contributed by atoms with Gasteiger partial charge in [0.15, 0.2) is 0 Å². The van der Waals surface area contributed by atoms with Gasteiger partial charge in [0.05, 0.1) is 19.3 Å². The van der Waals surface area contributed by atoms with Crippen molar-refractivity contribution in [3.8, 4) is 0 Å². The molecule has 3 aliphatic carbocycles. The van der Waals surface area contributed by atoms with Crippen LogP contribution in [0, 0.1) is 5.41 Å². The summed E-state index contributed by atoms with van der Waals surface area (Å²) in [4.78, 5) is 4.82. The molecular weight excluding hydrogens is 420 g/mol. The Morgan fingerprint density at radius 3 is 2.44 bits per heavy atom. The summed E-state index contributed by atoms with van der Waals surface area (Å²) in [5.74, 6) is 0.266. The molecule has 1 aromatic rings. The zero-order valence-corrected chi connectivity index (χ0v) is 19.9. The highest BCUT2D eigenvalue weighted by Crippen LogP contribution is 2.59. The monoisotopic (exact) mass is 456 g/mol. The summed E-state index contributed by atoms with van der Waals surface area (Å²) in [6.45, 7) is 6.91. The Labute approximate surface area is 197 Å². The highest BCUT2D eigenvalue weighted by atomic mass is 35.5. The van der Waals surface area contributed by atoms with E-state index < -0.39 is 0 Å². The van der Waals surface area contributed by atoms with Crippen LogP contribution in [-0.4, -0.2) is 66.9 Å². The Balaban J connectivity index is 1.10. The summed E-state index contributed by atoms with van der Waals surface area (Å²) in [5, 5.41) is 10.1. The lowest BCUT2D eigenvalue weighted by molar-refractivity contribution is 0.0776. The summed E-state index contributed by atoms with van der Waals surface area (Å²) < 4.78 is 6.22. The molecule has 4 nitrogen and oxygen atoms in total. The van der Waals surface area contributed by atoms with Gasteiger partial charge in [0.25, 0.3) is 0 Å². The lowest BCUT2D eigenvalue weighted by atomic mass is 9.89. The van der Waals surface area contributed by atoms with Crippen molar-refractivity contribution in [3.05, 3.63) is 58.1 Å². The molecule has 1 spiro atoms. The Morgan fingerprint density at radius 2 is 1.75 bits per heavy atom. The third-order valence-corrected chi connectivity index (χ3v) is 8.48. The van der Waals surface area contributed by atoms with Crippen LogP contribution in [0.25, 0.3) is 0 Å². The molecule has 1 N–H and O–H groups in total. The van der Waals surface area contributed by atoms with Crippen molar-refractivity contribution in [1.29, 1.82) is 0 Å². The summed E-state index contributed by atoms with van der Waals surface area (Å²) in [5.41, 5.74) is 4.44. The number of piperazine rings is 1. The molecule has 5 heteroatoms. The predicted octanol–water partition coefficient (Wildman–Crippen LogP) is 4.68. The van der Waals surface area contributed by atoms with Gasteiger partial charge >= 0.3 is 0 Å². The van der Waals surface area contributed by atoms with Crippen LogP contribution in [0.4, 0.5) is 0 Å². The minimum Gasteiger partial charge on any atom is -0.395 e. The number of aliphatic hydroxyl groups excluding tert-OH is 1. The first-order valence-corrected chi connectivity index (χ1v) is 12.9. The van der Waals surface area contributed by atoms with Crippen molar-refractivity contribution in [2.75, 3.05) is 45.9 Å². The number of allylic oxidation sites excluding steroid dienone is 2. The Hall–Kier alpha value is -1.17. The normalized spacial score (nSPS) is 28.1. The summed E-state index contributed by atoms with van der Waals surface area (Å²) in [7, 11) is 0. The molecule has 0 bridgehead atoms. The molecule has 0 aromatic heterocycles. The van der Waals surface area contributed by atoms with Crippen LogP contribution >= 0.6 is 11.6 Å². The maximum Gasteiger partial charge on any atom is 0.0720 e. The minimum absolute atomic E-state index is 0.250. The topological polar surface area (TPSA) is 35.9 Å². The lowest BCUT2D eigenvalue weighted by Gasteiger charge is -2.35. The number of β-amino-alcohol motifs (C(OH)–C–C–N with tert-alkyl or cyclic N) is 1. The van der Waals surface area contributed by atoms with E-state index in [0.29, 0.717) is 11.5 Å². The molecule has 3 fully saturated rings. The highest BCUT2D eigenvalue weighted by Gasteiger charge is 2.55. The Kier molecular flexibility index (Phi) is 7.06. The van der Waals surface area contributed by atoms with Gasteiger partial charge in [-0.25, -0.2) is 0 Å². The minimum atomic E-state index is 0.250. The van der Waals surface area contributed by atoms with Crippen LogP contribution in [0.5, 0.6) is 0 Å². The molecule has 4 aliphatic rings. The molecular formula is C27H37ClN2O2. The largest absolute Gasteiger partial charge is 0.395 e. The SMILES string of the molecule is OCCN1CCN(CC2=CCC(c3ccc(COC4CC45CCCC5)cc3)C(Cl)=C2)CC1. The van der Waals surface area contributed by atoms with E-state index in [0.717, 1.165) is 57.3 Å². The van der Waals surface area contributed by atoms with Gasteiger partial charge in [0, 0.05) is 50.2 Å². The molecule has 1 saturated heterocycles. The maximum atomic E-state index is 9.11. The van der Waals surface area contributed by atoms with E-state index in [1.807, 2.05) is 0 Å². The van der Waals surface area contributed by atoms with E-state index in [9.17, 15) is 0 Å². The number of halogens is 1. The smallest absolute Gasteiger partial charge is 0.0720 e. The van der Waals surface area contributed by atoms with Gasteiger partial charge in [-0.1, -0.05) is 54.8 Å². The summed E-state index contributed by atoms with van der Waals surface area (Å²) in [6, 6.07) is 8.90. The van der Waals surface area contributed by atoms with Gasteiger partial charge in [0.1, 0.15) is 0 Å². The predicted molar refractivity (Wildman–Crippen MR) is 130 cm³/mol. The van der Waals surface area contributed by atoms with Gasteiger partial charge in [-0.3, -0.25) is 9.80 Å².